The number of amides is 1. The number of carbonyl (C=O) groups is 2. The van der Waals surface area contributed by atoms with Crippen molar-refractivity contribution in [1.29, 1.82) is 0 Å². The molecule has 0 aliphatic carbocycles. The normalized spacial score (nSPS) is 17.6. The van der Waals surface area contributed by atoms with Gasteiger partial charge in [0.1, 0.15) is 11.5 Å². The molecule has 1 N–H and O–H groups in total. The summed E-state index contributed by atoms with van der Waals surface area (Å²) in [5.41, 5.74) is 2.72. The Morgan fingerprint density at radius 3 is 2.47 bits per heavy atom. The highest BCUT2D eigenvalue weighted by molar-refractivity contribution is 6.46. The highest BCUT2D eigenvalue weighted by Crippen LogP contribution is 2.40. The van der Waals surface area contributed by atoms with Gasteiger partial charge in [0, 0.05) is 36.9 Å². The van der Waals surface area contributed by atoms with Gasteiger partial charge < -0.3 is 14.7 Å². The van der Waals surface area contributed by atoms with Crippen molar-refractivity contribution in [3.8, 4) is 5.75 Å². The van der Waals surface area contributed by atoms with Crippen LogP contribution < -0.4 is 4.74 Å². The van der Waals surface area contributed by atoms with Gasteiger partial charge in [-0.15, -0.1) is 0 Å². The quantitative estimate of drug-likeness (QED) is 0.364. The number of aryl methyl sites for hydroxylation is 1. The summed E-state index contributed by atoms with van der Waals surface area (Å²) in [4.78, 5) is 35.8. The van der Waals surface area contributed by atoms with Gasteiger partial charge in [-0.3, -0.25) is 19.6 Å². The number of nitrogens with zero attached hydrogens (tertiary/aromatic N) is 3. The molecule has 0 bridgehead atoms. The van der Waals surface area contributed by atoms with E-state index in [1.807, 2.05) is 19.9 Å². The number of pyridine rings is 2. The SMILES string of the molecule is CCOc1ccc(/C(O)=C2/C(=O)C(=O)N(Cc3cccnc3)C2c2cccnc2)cc1C. The number of ether oxygens (including phenoxy) is 1. The molecule has 4 rings (SSSR count). The minimum absolute atomic E-state index is 0.0375. The fraction of sp³-hybridized carbons (Fsp3) is 0.200. The minimum Gasteiger partial charge on any atom is -0.507 e. The van der Waals surface area contributed by atoms with Gasteiger partial charge in [-0.25, -0.2) is 0 Å². The molecular weight excluding hydrogens is 406 g/mol. The third-order valence-corrected chi connectivity index (χ3v) is 5.36. The van der Waals surface area contributed by atoms with Crippen LogP contribution in [-0.4, -0.2) is 38.3 Å². The van der Waals surface area contributed by atoms with Crippen molar-refractivity contribution in [2.24, 2.45) is 0 Å². The topological polar surface area (TPSA) is 92.6 Å². The maximum absolute atomic E-state index is 13.1. The lowest BCUT2D eigenvalue weighted by atomic mass is 9.95. The summed E-state index contributed by atoms with van der Waals surface area (Å²) in [7, 11) is 0. The fourth-order valence-electron chi connectivity index (χ4n) is 3.89. The largest absolute Gasteiger partial charge is 0.507 e. The van der Waals surface area contributed by atoms with E-state index >= 15 is 0 Å². The third-order valence-electron chi connectivity index (χ3n) is 5.36. The van der Waals surface area contributed by atoms with Crippen LogP contribution in [0.5, 0.6) is 5.75 Å². The second-order valence-electron chi connectivity index (χ2n) is 7.49. The molecule has 0 radical (unpaired) electrons. The van der Waals surface area contributed by atoms with Crippen molar-refractivity contribution in [2.75, 3.05) is 6.61 Å². The average Bonchev–Trinajstić information content (AvgIpc) is 3.06. The molecule has 1 aliphatic rings. The van der Waals surface area contributed by atoms with Crippen LogP contribution in [0.4, 0.5) is 0 Å². The summed E-state index contributed by atoms with van der Waals surface area (Å²) < 4.78 is 5.57. The van der Waals surface area contributed by atoms with E-state index in [1.165, 1.54) is 4.90 Å². The van der Waals surface area contributed by atoms with E-state index in [9.17, 15) is 14.7 Å². The first-order valence-electron chi connectivity index (χ1n) is 10.3. The molecule has 1 amide bonds. The summed E-state index contributed by atoms with van der Waals surface area (Å²) in [6.45, 7) is 4.45. The van der Waals surface area contributed by atoms with Gasteiger partial charge in [-0.2, -0.15) is 0 Å². The molecule has 1 fully saturated rings. The molecule has 1 aromatic carbocycles. The Hall–Kier alpha value is -4.00. The molecule has 2 aromatic heterocycles. The second-order valence-corrected chi connectivity index (χ2v) is 7.49. The summed E-state index contributed by atoms with van der Waals surface area (Å²) in [6.07, 6.45) is 6.51. The Bertz CT molecular complexity index is 1180. The number of ketones is 1. The van der Waals surface area contributed by atoms with Crippen molar-refractivity contribution in [1.82, 2.24) is 14.9 Å². The highest BCUT2D eigenvalue weighted by atomic mass is 16.5. The molecule has 3 aromatic rings. The number of aromatic nitrogens is 2. The van der Waals surface area contributed by atoms with Crippen LogP contribution in [0.25, 0.3) is 5.76 Å². The first-order valence-corrected chi connectivity index (χ1v) is 10.3. The molecule has 1 unspecified atom stereocenters. The lowest BCUT2D eigenvalue weighted by molar-refractivity contribution is -0.140. The number of Topliss-reactive ketones (excluding diaryl/α,β-unsaturated/α-hetero) is 1. The molecule has 162 valence electrons. The zero-order valence-corrected chi connectivity index (χ0v) is 17.9. The van der Waals surface area contributed by atoms with Crippen molar-refractivity contribution in [3.05, 3.63) is 95.1 Å². The molecule has 7 heteroatoms. The monoisotopic (exact) mass is 429 g/mol. The predicted molar refractivity (Wildman–Crippen MR) is 119 cm³/mol. The predicted octanol–water partition coefficient (Wildman–Crippen LogP) is 3.81. The zero-order valence-electron chi connectivity index (χ0n) is 17.9. The number of benzene rings is 1. The van der Waals surface area contributed by atoms with E-state index in [2.05, 4.69) is 9.97 Å². The summed E-state index contributed by atoms with van der Waals surface area (Å²) in [6, 6.07) is 11.5. The second kappa shape index (κ2) is 9.01. The Balaban J connectivity index is 1.83. The molecule has 1 atom stereocenters. The highest BCUT2D eigenvalue weighted by Gasteiger charge is 2.46. The molecule has 1 aliphatic heterocycles. The van der Waals surface area contributed by atoms with Gasteiger partial charge in [0.2, 0.25) is 0 Å². The summed E-state index contributed by atoms with van der Waals surface area (Å²) >= 11 is 0. The molecule has 3 heterocycles. The van der Waals surface area contributed by atoms with E-state index in [-0.39, 0.29) is 17.9 Å². The molecule has 1 saturated heterocycles. The number of aliphatic hydroxyl groups is 1. The number of carbonyl (C=O) groups excluding carboxylic acids is 2. The molecule has 7 nitrogen and oxygen atoms in total. The van der Waals surface area contributed by atoms with Crippen LogP contribution in [0.1, 0.15) is 35.2 Å². The van der Waals surface area contributed by atoms with E-state index in [0.29, 0.717) is 23.5 Å². The van der Waals surface area contributed by atoms with E-state index < -0.39 is 17.7 Å². The van der Waals surface area contributed by atoms with Gasteiger partial charge in [0.25, 0.3) is 11.7 Å². The Labute approximate surface area is 186 Å². The third kappa shape index (κ3) is 3.97. The zero-order chi connectivity index (χ0) is 22.7. The van der Waals surface area contributed by atoms with Crippen molar-refractivity contribution >= 4 is 17.4 Å². The number of rotatable bonds is 6. The van der Waals surface area contributed by atoms with Crippen LogP contribution in [-0.2, 0) is 16.1 Å². The smallest absolute Gasteiger partial charge is 0.295 e. The lowest BCUT2D eigenvalue weighted by Gasteiger charge is -2.25. The first kappa shape index (κ1) is 21.2. The maximum Gasteiger partial charge on any atom is 0.295 e. The fourth-order valence-corrected chi connectivity index (χ4v) is 3.89. The van der Waals surface area contributed by atoms with E-state index in [4.69, 9.17) is 4.74 Å². The lowest BCUT2D eigenvalue weighted by Crippen LogP contribution is -2.29. The van der Waals surface area contributed by atoms with Crippen LogP contribution in [0.3, 0.4) is 0 Å². The van der Waals surface area contributed by atoms with Gasteiger partial charge >= 0.3 is 0 Å². The number of likely N-dealkylation sites (tertiary alicyclic amines) is 1. The Morgan fingerprint density at radius 1 is 1.09 bits per heavy atom. The van der Waals surface area contributed by atoms with Gasteiger partial charge in [-0.05, 0) is 60.9 Å². The van der Waals surface area contributed by atoms with Crippen molar-refractivity contribution in [2.45, 2.75) is 26.4 Å². The number of hydrogen-bond donors (Lipinski definition) is 1. The molecule has 0 spiro atoms. The van der Waals surface area contributed by atoms with Crippen LogP contribution in [0.2, 0.25) is 0 Å². The average molecular weight is 429 g/mol. The van der Waals surface area contributed by atoms with E-state index in [1.54, 1.807) is 61.2 Å². The summed E-state index contributed by atoms with van der Waals surface area (Å²) in [5.74, 6) is -0.930. The maximum atomic E-state index is 13.1. The van der Waals surface area contributed by atoms with Gasteiger partial charge in [0.15, 0.2) is 0 Å². The van der Waals surface area contributed by atoms with Crippen LogP contribution >= 0.6 is 0 Å². The number of hydrogen-bond acceptors (Lipinski definition) is 6. The Kier molecular flexibility index (Phi) is 5.98. The van der Waals surface area contributed by atoms with E-state index in [0.717, 1.165) is 11.1 Å². The first-order chi connectivity index (χ1) is 15.5. The Morgan fingerprint density at radius 2 is 1.84 bits per heavy atom. The molecular formula is C25H23N3O4. The van der Waals surface area contributed by atoms with Gasteiger partial charge in [-0.1, -0.05) is 12.1 Å². The molecule has 32 heavy (non-hydrogen) atoms. The standard InChI is InChI=1S/C25H23N3O4/c1-3-32-20-9-8-18(12-16(20)2)23(29)21-22(19-7-5-11-27-14-19)28(25(31)24(21)30)15-17-6-4-10-26-13-17/h4-14,22,29H,3,15H2,1-2H3/b23-21-. The van der Waals surface area contributed by atoms with Crippen LogP contribution in [0, 0.1) is 6.92 Å². The molecule has 0 saturated carbocycles. The summed E-state index contributed by atoms with van der Waals surface area (Å²) in [5, 5.41) is 11.2. The van der Waals surface area contributed by atoms with Gasteiger partial charge in [0.05, 0.1) is 18.2 Å². The number of aliphatic hydroxyl groups excluding tert-OH is 1. The minimum atomic E-state index is -0.768. The van der Waals surface area contributed by atoms with Crippen molar-refractivity contribution in [3.63, 3.8) is 0 Å². The van der Waals surface area contributed by atoms with Crippen molar-refractivity contribution < 1.29 is 19.4 Å². The van der Waals surface area contributed by atoms with Crippen LogP contribution in [0.15, 0.2) is 72.8 Å².